The molecule has 0 spiro atoms. The second kappa shape index (κ2) is 9.96. The Morgan fingerprint density at radius 2 is 1.94 bits per heavy atom. The number of thioether (sulfide) groups is 1. The molecule has 0 saturated heterocycles. The predicted molar refractivity (Wildman–Crippen MR) is 122 cm³/mol. The number of nitrogens with one attached hydrogen (secondary N) is 1. The third-order valence-corrected chi connectivity index (χ3v) is 6.33. The zero-order valence-corrected chi connectivity index (χ0v) is 18.7. The highest BCUT2D eigenvalue weighted by molar-refractivity contribution is 7.99. The predicted octanol–water partition coefficient (Wildman–Crippen LogP) is 4.90. The maximum absolute atomic E-state index is 12.3. The van der Waals surface area contributed by atoms with E-state index >= 15 is 0 Å². The summed E-state index contributed by atoms with van der Waals surface area (Å²) in [6.45, 7) is 3.94. The SMILES string of the molecule is Cc1ccc(-c2nnc(SCC(=O)NN=Cc3ccc(C)o3)n2C2CCCCC2)cc1. The summed E-state index contributed by atoms with van der Waals surface area (Å²) in [5.41, 5.74) is 4.81. The van der Waals surface area contributed by atoms with Gasteiger partial charge in [-0.3, -0.25) is 9.36 Å². The fraction of sp³-hybridized carbons (Fsp3) is 0.391. The molecule has 4 rings (SSSR count). The number of hydrogen-bond donors (Lipinski definition) is 1. The average Bonchev–Trinajstić information content (AvgIpc) is 3.39. The molecule has 8 heteroatoms. The molecule has 1 N–H and O–H groups in total. The van der Waals surface area contributed by atoms with Gasteiger partial charge in [0.25, 0.3) is 5.91 Å². The Morgan fingerprint density at radius 1 is 1.16 bits per heavy atom. The van der Waals surface area contributed by atoms with Gasteiger partial charge in [0.05, 0.1) is 12.0 Å². The Balaban J connectivity index is 1.46. The maximum atomic E-state index is 12.3. The van der Waals surface area contributed by atoms with Crippen molar-refractivity contribution in [2.24, 2.45) is 5.10 Å². The van der Waals surface area contributed by atoms with Gasteiger partial charge in [-0.05, 0) is 38.8 Å². The van der Waals surface area contributed by atoms with Gasteiger partial charge in [-0.1, -0.05) is 60.9 Å². The molecular weight excluding hydrogens is 410 g/mol. The van der Waals surface area contributed by atoms with Crippen LogP contribution in [0.25, 0.3) is 11.4 Å². The molecule has 31 heavy (non-hydrogen) atoms. The Kier molecular flexibility index (Phi) is 6.86. The average molecular weight is 438 g/mol. The first-order chi connectivity index (χ1) is 15.1. The molecule has 0 atom stereocenters. The summed E-state index contributed by atoms with van der Waals surface area (Å²) in [5, 5.41) is 13.7. The van der Waals surface area contributed by atoms with Crippen LogP contribution in [0.2, 0.25) is 0 Å². The van der Waals surface area contributed by atoms with Crippen molar-refractivity contribution in [2.75, 3.05) is 5.75 Å². The molecule has 1 saturated carbocycles. The number of hydrogen-bond acceptors (Lipinski definition) is 6. The quantitative estimate of drug-likeness (QED) is 0.323. The molecule has 7 nitrogen and oxygen atoms in total. The van der Waals surface area contributed by atoms with Gasteiger partial charge in [0.2, 0.25) is 0 Å². The van der Waals surface area contributed by atoms with Gasteiger partial charge in [-0.25, -0.2) is 5.43 Å². The van der Waals surface area contributed by atoms with Gasteiger partial charge in [-0.15, -0.1) is 10.2 Å². The van der Waals surface area contributed by atoms with Crippen molar-refractivity contribution in [2.45, 2.75) is 57.1 Å². The van der Waals surface area contributed by atoms with Crippen LogP contribution in [0.3, 0.4) is 0 Å². The van der Waals surface area contributed by atoms with E-state index in [9.17, 15) is 4.79 Å². The molecule has 0 radical (unpaired) electrons. The standard InChI is InChI=1S/C23H27N5O2S/c1-16-8-11-18(12-9-16)22-26-27-23(28(22)19-6-4-3-5-7-19)31-15-21(29)25-24-14-20-13-10-17(2)30-20/h8-14,19H,3-7,15H2,1-2H3,(H,25,29). The number of furan rings is 1. The summed E-state index contributed by atoms with van der Waals surface area (Å²) in [7, 11) is 0. The minimum atomic E-state index is -0.195. The van der Waals surface area contributed by atoms with E-state index in [1.54, 1.807) is 6.07 Å². The number of nitrogens with zero attached hydrogens (tertiary/aromatic N) is 4. The minimum Gasteiger partial charge on any atom is -0.460 e. The Morgan fingerprint density at radius 3 is 2.65 bits per heavy atom. The Labute approximate surface area is 186 Å². The highest BCUT2D eigenvalue weighted by Crippen LogP contribution is 2.35. The number of carbonyl (C=O) groups is 1. The van der Waals surface area contributed by atoms with Crippen molar-refractivity contribution in [3.8, 4) is 11.4 Å². The smallest absolute Gasteiger partial charge is 0.250 e. The minimum absolute atomic E-state index is 0.195. The van der Waals surface area contributed by atoms with Crippen molar-refractivity contribution in [3.05, 3.63) is 53.5 Å². The third kappa shape index (κ3) is 5.44. The van der Waals surface area contributed by atoms with E-state index in [-0.39, 0.29) is 11.7 Å². The molecule has 2 heterocycles. The second-order valence-electron chi connectivity index (χ2n) is 7.86. The van der Waals surface area contributed by atoms with Gasteiger partial charge < -0.3 is 4.42 Å². The lowest BCUT2D eigenvalue weighted by Crippen LogP contribution is -2.20. The zero-order valence-electron chi connectivity index (χ0n) is 17.9. The molecular formula is C23H27N5O2S. The number of hydrazone groups is 1. The topological polar surface area (TPSA) is 85.3 Å². The normalized spacial score (nSPS) is 14.9. The van der Waals surface area contributed by atoms with Gasteiger partial charge in [-0.2, -0.15) is 5.10 Å². The van der Waals surface area contributed by atoms with E-state index < -0.39 is 0 Å². The Bertz CT molecular complexity index is 1050. The lowest BCUT2D eigenvalue weighted by molar-refractivity contribution is -0.118. The van der Waals surface area contributed by atoms with Crippen LogP contribution in [0.4, 0.5) is 0 Å². The van der Waals surface area contributed by atoms with E-state index in [0.29, 0.717) is 11.8 Å². The molecule has 0 unspecified atom stereocenters. The highest BCUT2D eigenvalue weighted by Gasteiger charge is 2.24. The third-order valence-electron chi connectivity index (χ3n) is 5.39. The zero-order chi connectivity index (χ0) is 21.6. The van der Waals surface area contributed by atoms with Crippen LogP contribution in [-0.4, -0.2) is 32.6 Å². The van der Waals surface area contributed by atoms with Crippen LogP contribution in [0.15, 0.2) is 51.1 Å². The summed E-state index contributed by atoms with van der Waals surface area (Å²) in [5.74, 6) is 2.30. The van der Waals surface area contributed by atoms with Crippen LogP contribution in [0, 0.1) is 13.8 Å². The van der Waals surface area contributed by atoms with E-state index in [0.717, 1.165) is 35.1 Å². The monoisotopic (exact) mass is 437 g/mol. The molecule has 1 aromatic carbocycles. The molecule has 0 bridgehead atoms. The molecule has 162 valence electrons. The Hall–Kier alpha value is -2.87. The molecule has 0 aliphatic heterocycles. The first-order valence-electron chi connectivity index (χ1n) is 10.6. The van der Waals surface area contributed by atoms with E-state index in [1.807, 2.05) is 13.0 Å². The number of benzene rings is 1. The molecule has 3 aromatic rings. The molecule has 2 aromatic heterocycles. The van der Waals surface area contributed by atoms with E-state index in [4.69, 9.17) is 4.42 Å². The van der Waals surface area contributed by atoms with Gasteiger partial charge in [0.1, 0.15) is 11.5 Å². The maximum Gasteiger partial charge on any atom is 0.250 e. The lowest BCUT2D eigenvalue weighted by Gasteiger charge is -2.25. The number of amides is 1. The van der Waals surface area contributed by atoms with E-state index in [1.165, 1.54) is 42.8 Å². The number of aromatic nitrogens is 3. The molecule has 1 amide bonds. The number of carbonyl (C=O) groups excluding carboxylic acids is 1. The summed E-state index contributed by atoms with van der Waals surface area (Å²) in [6, 6.07) is 12.4. The highest BCUT2D eigenvalue weighted by atomic mass is 32.2. The largest absolute Gasteiger partial charge is 0.460 e. The first-order valence-corrected chi connectivity index (χ1v) is 11.6. The fourth-order valence-electron chi connectivity index (χ4n) is 3.80. The number of aryl methyl sites for hydroxylation is 2. The molecule has 1 aliphatic carbocycles. The van der Waals surface area contributed by atoms with Crippen molar-refractivity contribution in [3.63, 3.8) is 0 Å². The molecule has 1 fully saturated rings. The van der Waals surface area contributed by atoms with Gasteiger partial charge >= 0.3 is 0 Å². The van der Waals surface area contributed by atoms with Crippen molar-refractivity contribution in [1.82, 2.24) is 20.2 Å². The van der Waals surface area contributed by atoms with Gasteiger partial charge in [0, 0.05) is 11.6 Å². The summed E-state index contributed by atoms with van der Waals surface area (Å²) in [4.78, 5) is 12.3. The fourth-order valence-corrected chi connectivity index (χ4v) is 4.59. The van der Waals surface area contributed by atoms with Crippen molar-refractivity contribution in [1.29, 1.82) is 0 Å². The van der Waals surface area contributed by atoms with Crippen molar-refractivity contribution >= 4 is 23.9 Å². The second-order valence-corrected chi connectivity index (χ2v) is 8.81. The van der Waals surface area contributed by atoms with Crippen LogP contribution in [0.5, 0.6) is 0 Å². The van der Waals surface area contributed by atoms with Crippen LogP contribution in [0.1, 0.15) is 55.2 Å². The summed E-state index contributed by atoms with van der Waals surface area (Å²) >= 11 is 1.40. The summed E-state index contributed by atoms with van der Waals surface area (Å²) < 4.78 is 7.64. The lowest BCUT2D eigenvalue weighted by atomic mass is 9.95. The van der Waals surface area contributed by atoms with Crippen LogP contribution >= 0.6 is 11.8 Å². The summed E-state index contributed by atoms with van der Waals surface area (Å²) in [6.07, 6.45) is 7.42. The first kappa shape index (κ1) is 21.4. The molecule has 1 aliphatic rings. The van der Waals surface area contributed by atoms with Crippen LogP contribution in [-0.2, 0) is 4.79 Å². The van der Waals surface area contributed by atoms with E-state index in [2.05, 4.69) is 56.5 Å². The van der Waals surface area contributed by atoms with Crippen LogP contribution < -0.4 is 5.43 Å². The number of rotatable bonds is 7. The van der Waals surface area contributed by atoms with Crippen molar-refractivity contribution < 1.29 is 9.21 Å². The van der Waals surface area contributed by atoms with Gasteiger partial charge in [0.15, 0.2) is 11.0 Å².